The molecule has 1 atom stereocenters. The van der Waals surface area contributed by atoms with Crippen LogP contribution in [-0.4, -0.2) is 55.6 Å². The Balaban J connectivity index is 1.85. The zero-order chi connectivity index (χ0) is 14.5. The number of aliphatic hydroxyl groups excluding tert-OH is 1. The molecule has 0 unspecified atom stereocenters. The molecule has 1 aromatic carbocycles. The summed E-state index contributed by atoms with van der Waals surface area (Å²) < 4.78 is 37.6. The third kappa shape index (κ3) is 4.37. The summed E-state index contributed by atoms with van der Waals surface area (Å²) in [6, 6.07) is 2.24. The second-order valence-electron chi connectivity index (χ2n) is 4.58. The van der Waals surface area contributed by atoms with Crippen LogP contribution >= 0.6 is 15.9 Å². The van der Waals surface area contributed by atoms with Crippen LogP contribution in [0.15, 0.2) is 16.6 Å². The lowest BCUT2D eigenvalue weighted by molar-refractivity contribution is 0.00397. The number of rotatable bonds is 5. The van der Waals surface area contributed by atoms with Crippen LogP contribution in [0.5, 0.6) is 5.75 Å². The Bertz CT molecular complexity index is 432. The number of hydrogen-bond acceptors (Lipinski definition) is 4. The number of nitrogens with zero attached hydrogens (tertiary/aromatic N) is 1. The Labute approximate surface area is 124 Å². The van der Waals surface area contributed by atoms with Gasteiger partial charge in [0.1, 0.15) is 12.7 Å². The van der Waals surface area contributed by atoms with Crippen LogP contribution in [0.25, 0.3) is 0 Å². The fraction of sp³-hybridized carbons (Fsp3) is 0.538. The van der Waals surface area contributed by atoms with Gasteiger partial charge in [-0.2, -0.15) is 0 Å². The Morgan fingerprint density at radius 1 is 1.30 bits per heavy atom. The first kappa shape index (κ1) is 15.6. The van der Waals surface area contributed by atoms with Crippen LogP contribution in [0.2, 0.25) is 0 Å². The molecule has 112 valence electrons. The van der Waals surface area contributed by atoms with Crippen molar-refractivity contribution in [2.24, 2.45) is 0 Å². The maximum absolute atomic E-state index is 13.5. The van der Waals surface area contributed by atoms with E-state index in [4.69, 9.17) is 9.47 Å². The number of benzene rings is 1. The molecule has 2 rings (SSSR count). The average Bonchev–Trinajstić information content (AvgIpc) is 2.38. The topological polar surface area (TPSA) is 41.9 Å². The van der Waals surface area contributed by atoms with E-state index in [0.29, 0.717) is 24.2 Å². The highest BCUT2D eigenvalue weighted by atomic mass is 79.9. The first-order valence-corrected chi connectivity index (χ1v) is 7.11. The molecule has 1 heterocycles. The number of aliphatic hydroxyl groups is 1. The summed E-state index contributed by atoms with van der Waals surface area (Å²) in [5.41, 5.74) is 0. The van der Waals surface area contributed by atoms with Gasteiger partial charge in [0.15, 0.2) is 17.4 Å². The number of morpholine rings is 1. The smallest absolute Gasteiger partial charge is 0.190 e. The standard InChI is InChI=1S/C13H16BrF2NO3/c14-9-5-11(15)13(12(16)6-9)20-8-10(18)7-17-1-3-19-4-2-17/h5-6,10,18H,1-4,7-8H2/t10-/m1/s1. The van der Waals surface area contributed by atoms with Crippen LogP contribution in [0.3, 0.4) is 0 Å². The molecule has 0 radical (unpaired) electrons. The third-order valence-electron chi connectivity index (χ3n) is 2.96. The number of ether oxygens (including phenoxy) is 2. The molecular weight excluding hydrogens is 336 g/mol. The molecule has 0 spiro atoms. The van der Waals surface area contributed by atoms with Crippen molar-refractivity contribution >= 4 is 15.9 Å². The molecule has 0 saturated carbocycles. The van der Waals surface area contributed by atoms with Crippen molar-refractivity contribution in [3.63, 3.8) is 0 Å². The van der Waals surface area contributed by atoms with Gasteiger partial charge in [0.25, 0.3) is 0 Å². The van der Waals surface area contributed by atoms with Gasteiger partial charge in [-0.15, -0.1) is 0 Å². The minimum absolute atomic E-state index is 0.160. The highest BCUT2D eigenvalue weighted by molar-refractivity contribution is 9.10. The van der Waals surface area contributed by atoms with Gasteiger partial charge < -0.3 is 14.6 Å². The summed E-state index contributed by atoms with van der Waals surface area (Å²) in [5, 5.41) is 9.84. The summed E-state index contributed by atoms with van der Waals surface area (Å²) in [6.45, 7) is 2.96. The van der Waals surface area contributed by atoms with E-state index in [1.165, 1.54) is 0 Å². The zero-order valence-corrected chi connectivity index (χ0v) is 12.4. The van der Waals surface area contributed by atoms with Crippen LogP contribution in [0, 0.1) is 11.6 Å². The summed E-state index contributed by atoms with van der Waals surface area (Å²) in [6.07, 6.45) is -0.810. The van der Waals surface area contributed by atoms with E-state index < -0.39 is 23.5 Å². The number of hydrogen-bond donors (Lipinski definition) is 1. The summed E-state index contributed by atoms with van der Waals surface area (Å²) in [5.74, 6) is -2.06. The molecule has 7 heteroatoms. The predicted octanol–water partition coefficient (Wildman–Crippen LogP) is 1.80. The summed E-state index contributed by atoms with van der Waals surface area (Å²) >= 11 is 2.99. The van der Waals surface area contributed by atoms with Gasteiger partial charge in [-0.05, 0) is 12.1 Å². The van der Waals surface area contributed by atoms with Crippen molar-refractivity contribution in [1.82, 2.24) is 4.90 Å². The van der Waals surface area contributed by atoms with E-state index in [1.54, 1.807) is 0 Å². The molecule has 0 aromatic heterocycles. The zero-order valence-electron chi connectivity index (χ0n) is 10.8. The van der Waals surface area contributed by atoms with Gasteiger partial charge in [-0.3, -0.25) is 4.90 Å². The van der Waals surface area contributed by atoms with E-state index in [0.717, 1.165) is 25.2 Å². The van der Waals surface area contributed by atoms with E-state index in [2.05, 4.69) is 15.9 Å². The van der Waals surface area contributed by atoms with E-state index >= 15 is 0 Å². The van der Waals surface area contributed by atoms with Crippen LogP contribution < -0.4 is 4.74 Å². The van der Waals surface area contributed by atoms with Crippen molar-refractivity contribution < 1.29 is 23.4 Å². The maximum atomic E-state index is 13.5. The molecule has 1 N–H and O–H groups in total. The third-order valence-corrected chi connectivity index (χ3v) is 3.41. The van der Waals surface area contributed by atoms with Crippen LogP contribution in [0.1, 0.15) is 0 Å². The Kier molecular flexibility index (Phi) is 5.71. The Hall–Kier alpha value is -0.760. The normalized spacial score (nSPS) is 18.0. The molecule has 1 fully saturated rings. The Morgan fingerprint density at radius 2 is 1.90 bits per heavy atom. The maximum Gasteiger partial charge on any atom is 0.190 e. The van der Waals surface area contributed by atoms with Gasteiger partial charge in [-0.25, -0.2) is 8.78 Å². The van der Waals surface area contributed by atoms with E-state index in [-0.39, 0.29) is 6.61 Å². The van der Waals surface area contributed by atoms with Crippen molar-refractivity contribution in [3.05, 3.63) is 28.2 Å². The molecular formula is C13H16BrF2NO3. The second kappa shape index (κ2) is 7.31. The average molecular weight is 352 g/mol. The van der Waals surface area contributed by atoms with Crippen LogP contribution in [-0.2, 0) is 4.74 Å². The molecule has 1 saturated heterocycles. The molecule has 0 amide bonds. The summed E-state index contributed by atoms with van der Waals surface area (Å²) in [7, 11) is 0. The minimum Gasteiger partial charge on any atom is -0.485 e. The fourth-order valence-electron chi connectivity index (χ4n) is 1.98. The monoisotopic (exact) mass is 351 g/mol. The molecule has 0 bridgehead atoms. The lowest BCUT2D eigenvalue weighted by Crippen LogP contribution is -2.42. The molecule has 20 heavy (non-hydrogen) atoms. The minimum atomic E-state index is -0.810. The number of halogens is 3. The lowest BCUT2D eigenvalue weighted by Gasteiger charge is -2.28. The van der Waals surface area contributed by atoms with E-state index in [1.807, 2.05) is 4.90 Å². The van der Waals surface area contributed by atoms with Crippen molar-refractivity contribution in [3.8, 4) is 5.75 Å². The summed E-state index contributed by atoms with van der Waals surface area (Å²) in [4.78, 5) is 2.02. The van der Waals surface area contributed by atoms with Gasteiger partial charge in [0, 0.05) is 24.1 Å². The SMILES string of the molecule is O[C@@H](COc1c(F)cc(Br)cc1F)CN1CCOCC1. The number of β-amino-alcohol motifs (C(OH)–C–C–N with tert-alkyl or cyclic N) is 1. The highest BCUT2D eigenvalue weighted by Crippen LogP contribution is 2.25. The van der Waals surface area contributed by atoms with Gasteiger partial charge in [-0.1, -0.05) is 15.9 Å². The highest BCUT2D eigenvalue weighted by Gasteiger charge is 2.17. The molecule has 0 aliphatic carbocycles. The predicted molar refractivity (Wildman–Crippen MR) is 72.8 cm³/mol. The van der Waals surface area contributed by atoms with Gasteiger partial charge in [0.05, 0.1) is 13.2 Å². The lowest BCUT2D eigenvalue weighted by atomic mass is 10.3. The molecule has 4 nitrogen and oxygen atoms in total. The van der Waals surface area contributed by atoms with Gasteiger partial charge >= 0.3 is 0 Å². The second-order valence-corrected chi connectivity index (χ2v) is 5.49. The first-order valence-electron chi connectivity index (χ1n) is 6.32. The molecule has 1 aromatic rings. The van der Waals surface area contributed by atoms with E-state index in [9.17, 15) is 13.9 Å². The quantitative estimate of drug-likeness (QED) is 0.878. The molecule has 1 aliphatic heterocycles. The fourth-order valence-corrected chi connectivity index (χ4v) is 2.38. The van der Waals surface area contributed by atoms with Crippen molar-refractivity contribution in [1.29, 1.82) is 0 Å². The van der Waals surface area contributed by atoms with Gasteiger partial charge in [0.2, 0.25) is 0 Å². The van der Waals surface area contributed by atoms with Crippen molar-refractivity contribution in [2.75, 3.05) is 39.5 Å². The van der Waals surface area contributed by atoms with Crippen molar-refractivity contribution in [2.45, 2.75) is 6.10 Å². The first-order chi connectivity index (χ1) is 9.56. The largest absolute Gasteiger partial charge is 0.485 e. The Morgan fingerprint density at radius 3 is 2.50 bits per heavy atom. The molecule has 1 aliphatic rings. The van der Waals surface area contributed by atoms with Crippen LogP contribution in [0.4, 0.5) is 8.78 Å².